The molecule has 12 nitrogen and oxygen atoms in total. The van der Waals surface area contributed by atoms with Crippen molar-refractivity contribution < 1.29 is 58.2 Å². The lowest BCUT2D eigenvalue weighted by Gasteiger charge is -2.40. The zero-order valence-electron chi connectivity index (χ0n) is 50.0. The van der Waals surface area contributed by atoms with Crippen molar-refractivity contribution >= 4 is 23.9 Å². The highest BCUT2D eigenvalue weighted by Gasteiger charge is 2.50. The van der Waals surface area contributed by atoms with E-state index in [9.17, 15) is 34.5 Å². The van der Waals surface area contributed by atoms with E-state index in [2.05, 4.69) is 154 Å². The number of hydrogen-bond acceptors (Lipinski definition) is 11. The Labute approximate surface area is 489 Å². The van der Waals surface area contributed by atoms with Crippen molar-refractivity contribution in [1.82, 2.24) is 0 Å². The normalized spacial score (nSPS) is 18.8. The first-order valence-corrected chi connectivity index (χ1v) is 30.8. The van der Waals surface area contributed by atoms with Gasteiger partial charge in [0, 0.05) is 19.3 Å². The third-order valence-electron chi connectivity index (χ3n) is 12.9. The highest BCUT2D eigenvalue weighted by atomic mass is 16.7. The summed E-state index contributed by atoms with van der Waals surface area (Å²) in [5.74, 6) is -3.31. The molecule has 0 aromatic heterocycles. The van der Waals surface area contributed by atoms with Crippen LogP contribution in [0.4, 0.5) is 0 Å². The van der Waals surface area contributed by atoms with Crippen LogP contribution in [0.3, 0.4) is 0 Å². The van der Waals surface area contributed by atoms with Gasteiger partial charge in [-0.3, -0.25) is 14.4 Å². The molecule has 0 bridgehead atoms. The number of aliphatic hydroxyl groups excluding tert-OH is 2. The molecule has 1 saturated heterocycles. The van der Waals surface area contributed by atoms with Crippen molar-refractivity contribution in [1.29, 1.82) is 0 Å². The summed E-state index contributed by atoms with van der Waals surface area (Å²) in [5.41, 5.74) is 0. The first-order chi connectivity index (χ1) is 39.6. The molecule has 0 aromatic rings. The predicted octanol–water partition coefficient (Wildman–Crippen LogP) is 16.3. The number of aliphatic hydroxyl groups is 2. The van der Waals surface area contributed by atoms with Crippen LogP contribution in [-0.4, -0.2) is 89.2 Å². The number of carbonyl (C=O) groups is 4. The van der Waals surface area contributed by atoms with Gasteiger partial charge in [-0.05, 0) is 128 Å². The molecular formula is C69H106O12. The minimum Gasteiger partial charge on any atom is -0.479 e. The number of carbonyl (C=O) groups excluding carboxylic acids is 3. The molecule has 1 aliphatic heterocycles. The standard InChI is InChI=1S/C69H106O12/c1-4-7-10-13-16-19-22-25-27-29-31-33-35-38-40-43-46-49-52-55-61(70)77-58-60(79-62(71)56-53-50-47-44-41-37-24-21-18-15-12-9-6-3)59-78-69-67(65(74)64(73)66(81-69)68(75)76)80-63(72)57-54-51-48-45-42-39-36-34-32-30-28-26-23-20-17-14-11-8-5-2/h7,9-10,12,16-21,25-28,31-34,37-38,40-41,46,49,60,64-67,69,73-74H,4-6,8,11,13-15,22-24,29-30,35-36,39,42-45,47-48,50-59H2,1-3H3,(H,75,76)/b10-7-,12-9-,19-16-,20-17-,21-18-,27-25-,28-26-,33-31-,34-32-,40-38-,41-37-,49-46-. The highest BCUT2D eigenvalue weighted by molar-refractivity contribution is 5.74. The maximum atomic E-state index is 13.1. The van der Waals surface area contributed by atoms with Gasteiger partial charge in [-0.25, -0.2) is 4.79 Å². The topological polar surface area (TPSA) is 175 Å². The Balaban J connectivity index is 2.74. The molecule has 0 spiro atoms. The maximum Gasteiger partial charge on any atom is 0.335 e. The average molecular weight is 1130 g/mol. The second-order valence-electron chi connectivity index (χ2n) is 20.2. The molecule has 0 aromatic carbocycles. The Kier molecular flexibility index (Phi) is 50.1. The van der Waals surface area contributed by atoms with E-state index in [0.717, 1.165) is 128 Å². The summed E-state index contributed by atoms with van der Waals surface area (Å²) >= 11 is 0. The zero-order valence-corrected chi connectivity index (χ0v) is 50.0. The summed E-state index contributed by atoms with van der Waals surface area (Å²) in [6, 6.07) is 0. The predicted molar refractivity (Wildman–Crippen MR) is 330 cm³/mol. The van der Waals surface area contributed by atoms with Gasteiger partial charge >= 0.3 is 23.9 Å². The molecule has 0 radical (unpaired) electrons. The number of hydrogen-bond donors (Lipinski definition) is 3. The number of carboxylic acid groups (broad SMARTS) is 1. The number of unbranched alkanes of at least 4 members (excludes halogenated alkanes) is 12. The van der Waals surface area contributed by atoms with Gasteiger partial charge in [0.05, 0.1) is 6.61 Å². The van der Waals surface area contributed by atoms with E-state index in [1.165, 1.54) is 19.3 Å². The van der Waals surface area contributed by atoms with Crippen molar-refractivity contribution in [3.63, 3.8) is 0 Å². The summed E-state index contributed by atoms with van der Waals surface area (Å²) in [7, 11) is 0. The lowest BCUT2D eigenvalue weighted by Crippen LogP contribution is -2.61. The Bertz CT molecular complexity index is 1960. The molecule has 0 saturated carbocycles. The summed E-state index contributed by atoms with van der Waals surface area (Å²) in [6.45, 7) is 5.63. The van der Waals surface area contributed by atoms with Crippen LogP contribution >= 0.6 is 0 Å². The van der Waals surface area contributed by atoms with E-state index in [1.54, 1.807) is 0 Å². The van der Waals surface area contributed by atoms with Gasteiger partial charge in [0.2, 0.25) is 0 Å². The van der Waals surface area contributed by atoms with E-state index < -0.39 is 67.3 Å². The molecule has 81 heavy (non-hydrogen) atoms. The van der Waals surface area contributed by atoms with Gasteiger partial charge in [-0.2, -0.15) is 0 Å². The van der Waals surface area contributed by atoms with Crippen LogP contribution in [0.1, 0.15) is 213 Å². The molecule has 3 N–H and O–H groups in total. The molecular weight excluding hydrogens is 1020 g/mol. The van der Waals surface area contributed by atoms with Crippen LogP contribution in [0.25, 0.3) is 0 Å². The zero-order chi connectivity index (χ0) is 58.9. The molecule has 6 atom stereocenters. The van der Waals surface area contributed by atoms with Crippen molar-refractivity contribution in [2.24, 2.45) is 0 Å². The number of allylic oxidation sites excluding steroid dienone is 24. The number of carboxylic acids is 1. The second-order valence-corrected chi connectivity index (χ2v) is 20.2. The summed E-state index contributed by atoms with van der Waals surface area (Å²) < 4.78 is 28.3. The first-order valence-electron chi connectivity index (χ1n) is 30.8. The van der Waals surface area contributed by atoms with Crippen molar-refractivity contribution in [2.45, 2.75) is 250 Å². The largest absolute Gasteiger partial charge is 0.479 e. The number of esters is 3. The first kappa shape index (κ1) is 73.6. The smallest absolute Gasteiger partial charge is 0.335 e. The molecule has 6 unspecified atom stereocenters. The summed E-state index contributed by atoms with van der Waals surface area (Å²) in [5, 5.41) is 31.5. The molecule has 1 heterocycles. The summed E-state index contributed by atoms with van der Waals surface area (Å²) in [4.78, 5) is 51.2. The number of ether oxygens (including phenoxy) is 5. The minimum atomic E-state index is -1.93. The van der Waals surface area contributed by atoms with Crippen LogP contribution in [0.15, 0.2) is 146 Å². The molecule has 12 heteroatoms. The SMILES string of the molecule is CC/C=C\C/C=C\C/C=C\C/C=C\C/C=C\C/C=C\CCC(=O)OCC(COC1OC(C(=O)O)C(O)C(O)C1OC(=O)CCCCCCCC/C=C\C/C=C\C/C=C\CCCCC)OC(=O)CCCCC/C=C\C/C=C\C/C=C\CC. The van der Waals surface area contributed by atoms with E-state index >= 15 is 0 Å². The van der Waals surface area contributed by atoms with Crippen molar-refractivity contribution in [2.75, 3.05) is 13.2 Å². The maximum absolute atomic E-state index is 13.1. The third kappa shape index (κ3) is 44.9. The Morgan fingerprint density at radius 2 is 0.802 bits per heavy atom. The quantitative estimate of drug-likeness (QED) is 0.0228. The number of aliphatic carboxylic acids is 1. The van der Waals surface area contributed by atoms with Crippen molar-refractivity contribution in [3.05, 3.63) is 146 Å². The van der Waals surface area contributed by atoms with Gasteiger partial charge in [0.25, 0.3) is 0 Å². The fourth-order valence-corrected chi connectivity index (χ4v) is 8.24. The molecule has 454 valence electrons. The van der Waals surface area contributed by atoms with E-state index in [-0.39, 0.29) is 25.9 Å². The van der Waals surface area contributed by atoms with E-state index in [4.69, 9.17) is 23.7 Å². The van der Waals surface area contributed by atoms with E-state index in [1.807, 2.05) is 12.2 Å². The minimum absolute atomic E-state index is 0.0267. The van der Waals surface area contributed by atoms with Crippen LogP contribution < -0.4 is 0 Å². The average Bonchev–Trinajstić information content (AvgIpc) is 3.45. The van der Waals surface area contributed by atoms with Crippen LogP contribution in [-0.2, 0) is 42.9 Å². The lowest BCUT2D eigenvalue weighted by molar-refractivity contribution is -0.301. The molecule has 0 aliphatic carbocycles. The Hall–Kier alpha value is -5.40. The highest BCUT2D eigenvalue weighted by Crippen LogP contribution is 2.26. The van der Waals surface area contributed by atoms with Gasteiger partial charge in [0.1, 0.15) is 18.8 Å². The lowest BCUT2D eigenvalue weighted by atomic mass is 9.98. The number of rotatable bonds is 50. The van der Waals surface area contributed by atoms with Crippen LogP contribution in [0.2, 0.25) is 0 Å². The molecule has 1 aliphatic rings. The fraction of sp³-hybridized carbons (Fsp3) is 0.594. The Morgan fingerprint density at radius 1 is 0.420 bits per heavy atom. The Morgan fingerprint density at radius 3 is 1.25 bits per heavy atom. The van der Waals surface area contributed by atoms with Crippen molar-refractivity contribution in [3.8, 4) is 0 Å². The molecule has 1 rings (SSSR count). The molecule has 0 amide bonds. The monoisotopic (exact) mass is 1130 g/mol. The van der Waals surface area contributed by atoms with Gasteiger partial charge in [-0.1, -0.05) is 212 Å². The van der Waals surface area contributed by atoms with Gasteiger partial charge in [0.15, 0.2) is 24.6 Å². The van der Waals surface area contributed by atoms with E-state index in [0.29, 0.717) is 25.7 Å². The van der Waals surface area contributed by atoms with Crippen LogP contribution in [0.5, 0.6) is 0 Å². The van der Waals surface area contributed by atoms with Gasteiger partial charge in [-0.15, -0.1) is 0 Å². The fourth-order valence-electron chi connectivity index (χ4n) is 8.24. The van der Waals surface area contributed by atoms with Gasteiger partial charge < -0.3 is 39.0 Å². The van der Waals surface area contributed by atoms with Crippen LogP contribution in [0, 0.1) is 0 Å². The second kappa shape index (κ2) is 55.2. The molecule has 1 fully saturated rings. The third-order valence-corrected chi connectivity index (χ3v) is 12.9. The summed E-state index contributed by atoms with van der Waals surface area (Å²) in [6.07, 6.45) is 66.8.